The third-order valence-corrected chi connectivity index (χ3v) is 9.01. The van der Waals surface area contributed by atoms with Crippen LogP contribution in [0.5, 0.6) is 0 Å². The summed E-state index contributed by atoms with van der Waals surface area (Å²) in [5, 5.41) is 10.5. The number of carbonyl (C=O) groups excluding carboxylic acids is 1. The molecule has 1 aromatic carbocycles. The number of nitrogens with one attached hydrogen (secondary N) is 1. The molecule has 0 bridgehead atoms. The van der Waals surface area contributed by atoms with Crippen molar-refractivity contribution in [2.45, 2.75) is 49.8 Å². The smallest absolute Gasteiger partial charge is 0.322 e. The Morgan fingerprint density at radius 3 is 2.78 bits per heavy atom. The van der Waals surface area contributed by atoms with E-state index in [0.717, 1.165) is 28.9 Å². The number of anilines is 1. The predicted molar refractivity (Wildman–Crippen MR) is 123 cm³/mol. The summed E-state index contributed by atoms with van der Waals surface area (Å²) in [5.74, 6) is -0.119. The molecule has 0 radical (unpaired) electrons. The summed E-state index contributed by atoms with van der Waals surface area (Å²) in [7, 11) is -3.83. The van der Waals surface area contributed by atoms with E-state index in [4.69, 9.17) is 16.0 Å². The van der Waals surface area contributed by atoms with Crippen LogP contribution in [0.4, 0.5) is 6.01 Å². The zero-order valence-electron chi connectivity index (χ0n) is 17.7. The average Bonchev–Trinajstić information content (AvgIpc) is 3.39. The number of thiophene rings is 1. The van der Waals surface area contributed by atoms with Crippen LogP contribution in [0.25, 0.3) is 0 Å². The van der Waals surface area contributed by atoms with Crippen LogP contribution in [-0.2, 0) is 21.2 Å². The summed E-state index contributed by atoms with van der Waals surface area (Å²) in [4.78, 5) is 13.0. The van der Waals surface area contributed by atoms with Gasteiger partial charge in [0.2, 0.25) is 11.8 Å². The fourth-order valence-corrected chi connectivity index (χ4v) is 7.05. The number of carbonyl (C=O) groups is 1. The number of hydrogen-bond acceptors (Lipinski definition) is 7. The molecule has 1 fully saturated rings. The quantitative estimate of drug-likeness (QED) is 0.551. The summed E-state index contributed by atoms with van der Waals surface area (Å²) >= 11 is 6.89. The van der Waals surface area contributed by atoms with E-state index in [1.807, 2.05) is 26.0 Å². The number of amides is 1. The molecule has 1 atom stereocenters. The number of hydrogen-bond donors (Lipinski definition) is 1. The molecule has 1 N–H and O–H groups in total. The Hall–Kier alpha value is -2.27. The molecule has 4 rings (SSSR count). The van der Waals surface area contributed by atoms with Gasteiger partial charge in [0.05, 0.1) is 10.8 Å². The summed E-state index contributed by atoms with van der Waals surface area (Å²) in [6.07, 6.45) is 2.28. The highest BCUT2D eigenvalue weighted by molar-refractivity contribution is 7.91. The monoisotopic (exact) mass is 494 g/mol. The van der Waals surface area contributed by atoms with E-state index in [-0.39, 0.29) is 16.8 Å². The van der Waals surface area contributed by atoms with Gasteiger partial charge in [-0.25, -0.2) is 8.42 Å². The van der Waals surface area contributed by atoms with Gasteiger partial charge in [-0.2, -0.15) is 4.31 Å². The number of aromatic nitrogens is 2. The molecule has 0 spiro atoms. The van der Waals surface area contributed by atoms with Crippen LogP contribution < -0.4 is 5.32 Å². The van der Waals surface area contributed by atoms with Gasteiger partial charge in [0, 0.05) is 6.54 Å². The molecule has 11 heteroatoms. The molecular weight excluding hydrogens is 472 g/mol. The molecule has 1 amide bonds. The molecule has 3 heterocycles. The zero-order valence-corrected chi connectivity index (χ0v) is 20.1. The fraction of sp³-hybridized carbons (Fsp3) is 0.381. The maximum atomic E-state index is 13.1. The van der Waals surface area contributed by atoms with Crippen LogP contribution in [-0.4, -0.2) is 41.4 Å². The van der Waals surface area contributed by atoms with Gasteiger partial charge >= 0.3 is 6.01 Å². The van der Waals surface area contributed by atoms with Crippen molar-refractivity contribution < 1.29 is 17.6 Å². The van der Waals surface area contributed by atoms with Crippen molar-refractivity contribution in [3.63, 3.8) is 0 Å². The van der Waals surface area contributed by atoms with Crippen molar-refractivity contribution in [2.75, 3.05) is 11.9 Å². The first-order valence-corrected chi connectivity index (χ1v) is 12.8. The van der Waals surface area contributed by atoms with E-state index < -0.39 is 22.0 Å². The summed E-state index contributed by atoms with van der Waals surface area (Å²) < 4.78 is 33.5. The normalized spacial score (nSPS) is 17.4. The summed E-state index contributed by atoms with van der Waals surface area (Å²) in [6.45, 7) is 4.30. The minimum absolute atomic E-state index is 0.0446. The van der Waals surface area contributed by atoms with E-state index in [1.165, 1.54) is 22.0 Å². The summed E-state index contributed by atoms with van der Waals surface area (Å²) in [5.41, 5.74) is 3.34. The Balaban J connectivity index is 1.48. The maximum absolute atomic E-state index is 13.1. The molecule has 1 aliphatic rings. The Bertz CT molecular complexity index is 1240. The number of nitrogens with zero attached hydrogens (tertiary/aromatic N) is 3. The van der Waals surface area contributed by atoms with Gasteiger partial charge < -0.3 is 4.42 Å². The van der Waals surface area contributed by atoms with Gasteiger partial charge in [0.15, 0.2) is 0 Å². The minimum atomic E-state index is -3.83. The Labute approximate surface area is 195 Å². The van der Waals surface area contributed by atoms with E-state index in [2.05, 4.69) is 21.6 Å². The molecule has 170 valence electrons. The van der Waals surface area contributed by atoms with Gasteiger partial charge in [-0.15, -0.1) is 16.4 Å². The molecule has 2 aromatic heterocycles. The molecule has 32 heavy (non-hydrogen) atoms. The zero-order chi connectivity index (χ0) is 22.9. The molecule has 1 unspecified atom stereocenters. The second-order valence-corrected chi connectivity index (χ2v) is 11.6. The van der Waals surface area contributed by atoms with Crippen LogP contribution in [0.15, 0.2) is 39.0 Å². The Kier molecular flexibility index (Phi) is 6.66. The highest BCUT2D eigenvalue weighted by atomic mass is 35.5. The van der Waals surface area contributed by atoms with E-state index in [9.17, 15) is 13.2 Å². The minimum Gasteiger partial charge on any atom is -0.407 e. The Morgan fingerprint density at radius 1 is 1.25 bits per heavy atom. The second kappa shape index (κ2) is 9.30. The maximum Gasteiger partial charge on any atom is 0.322 e. The van der Waals surface area contributed by atoms with Crippen molar-refractivity contribution in [3.05, 3.63) is 57.2 Å². The van der Waals surface area contributed by atoms with Gasteiger partial charge in [0.25, 0.3) is 10.0 Å². The van der Waals surface area contributed by atoms with Gasteiger partial charge in [-0.1, -0.05) is 46.9 Å². The molecule has 0 saturated carbocycles. The number of piperidine rings is 1. The molecule has 3 aromatic rings. The third-order valence-electron chi connectivity index (χ3n) is 5.40. The largest absolute Gasteiger partial charge is 0.407 e. The average molecular weight is 495 g/mol. The number of rotatable bonds is 6. The van der Waals surface area contributed by atoms with Crippen LogP contribution in [0.1, 0.15) is 41.8 Å². The Morgan fingerprint density at radius 2 is 2.06 bits per heavy atom. The second-order valence-electron chi connectivity index (χ2n) is 7.78. The number of aryl methyl sites for hydroxylation is 2. The first-order chi connectivity index (χ1) is 15.2. The predicted octanol–water partition coefficient (Wildman–Crippen LogP) is 4.17. The van der Waals surface area contributed by atoms with Crippen LogP contribution in [0.2, 0.25) is 4.34 Å². The fourth-order valence-electron chi connectivity index (χ4n) is 3.78. The van der Waals surface area contributed by atoms with E-state index >= 15 is 0 Å². The number of halogens is 1. The SMILES string of the molecule is Cc1ccc(Cc2nnc(NC(=O)C3CCCCN3S(=O)(=O)c3ccc(Cl)s3)o2)c(C)c1. The standard InChI is InChI=1S/C21H23ClN4O4S2/c1-13-6-7-15(14(2)11-13)12-18-24-25-21(30-18)23-20(27)16-5-3-4-10-26(16)32(28,29)19-9-8-17(22)31-19/h6-9,11,16H,3-5,10,12H2,1-2H3,(H,23,25,27). The molecule has 0 aliphatic carbocycles. The summed E-state index contributed by atoms with van der Waals surface area (Å²) in [6, 6.07) is 8.19. The highest BCUT2D eigenvalue weighted by Crippen LogP contribution is 2.32. The third kappa shape index (κ3) is 4.88. The first kappa shape index (κ1) is 22.9. The molecule has 1 saturated heterocycles. The van der Waals surface area contributed by atoms with Gasteiger partial charge in [0.1, 0.15) is 10.3 Å². The lowest BCUT2D eigenvalue weighted by atomic mass is 10.0. The van der Waals surface area contributed by atoms with Gasteiger partial charge in [-0.3, -0.25) is 10.1 Å². The number of sulfonamides is 1. The van der Waals surface area contributed by atoms with Crippen molar-refractivity contribution in [1.29, 1.82) is 0 Å². The lowest BCUT2D eigenvalue weighted by molar-refractivity contribution is -0.120. The van der Waals surface area contributed by atoms with Crippen molar-refractivity contribution in [3.8, 4) is 0 Å². The van der Waals surface area contributed by atoms with Crippen LogP contribution in [0, 0.1) is 13.8 Å². The number of benzene rings is 1. The van der Waals surface area contributed by atoms with Crippen molar-refractivity contribution in [1.82, 2.24) is 14.5 Å². The molecule has 8 nitrogen and oxygen atoms in total. The highest BCUT2D eigenvalue weighted by Gasteiger charge is 2.38. The van der Waals surface area contributed by atoms with Crippen molar-refractivity contribution in [2.24, 2.45) is 0 Å². The van der Waals surface area contributed by atoms with Crippen molar-refractivity contribution >= 4 is 44.9 Å². The topological polar surface area (TPSA) is 105 Å². The molecule has 1 aliphatic heterocycles. The molecular formula is C21H23ClN4O4S2. The van der Waals surface area contributed by atoms with Crippen LogP contribution >= 0.6 is 22.9 Å². The lowest BCUT2D eigenvalue weighted by Crippen LogP contribution is -2.49. The van der Waals surface area contributed by atoms with E-state index in [1.54, 1.807) is 0 Å². The lowest BCUT2D eigenvalue weighted by Gasteiger charge is -2.32. The van der Waals surface area contributed by atoms with E-state index in [0.29, 0.717) is 29.5 Å². The first-order valence-electron chi connectivity index (χ1n) is 10.2. The van der Waals surface area contributed by atoms with Crippen LogP contribution in [0.3, 0.4) is 0 Å². The van der Waals surface area contributed by atoms with Gasteiger partial charge in [-0.05, 0) is 49.9 Å².